The Morgan fingerprint density at radius 2 is 2.19 bits per heavy atom. The molecule has 2 unspecified atom stereocenters. The number of hydrogen-bond donors (Lipinski definition) is 2. The lowest BCUT2D eigenvalue weighted by Crippen LogP contribution is -2.39. The van der Waals surface area contributed by atoms with Gasteiger partial charge in [0.05, 0.1) is 12.1 Å². The van der Waals surface area contributed by atoms with Crippen LogP contribution in [0.25, 0.3) is 0 Å². The number of carboxylic acids is 1. The molecule has 0 bridgehead atoms. The highest BCUT2D eigenvalue weighted by molar-refractivity contribution is 5.77. The summed E-state index contributed by atoms with van der Waals surface area (Å²) in [6.45, 7) is 0.569. The minimum Gasteiger partial charge on any atom is -0.481 e. The topological polar surface area (TPSA) is 69.6 Å². The molecule has 0 spiro atoms. The summed E-state index contributed by atoms with van der Waals surface area (Å²) in [5.74, 6) is -0.792. The summed E-state index contributed by atoms with van der Waals surface area (Å²) in [5.41, 5.74) is 0. The molecule has 2 aliphatic rings. The van der Waals surface area contributed by atoms with Gasteiger partial charge in [0.2, 0.25) is 0 Å². The van der Waals surface area contributed by atoms with Gasteiger partial charge < -0.3 is 15.3 Å². The zero-order chi connectivity index (χ0) is 11.5. The van der Waals surface area contributed by atoms with Crippen molar-refractivity contribution in [3.63, 3.8) is 0 Å². The molecule has 1 aliphatic heterocycles. The number of fused-ring (bicyclic) bond motifs is 1. The molecule has 0 aromatic carbocycles. The molecule has 2 N–H and O–H groups in total. The summed E-state index contributed by atoms with van der Waals surface area (Å²) < 4.78 is 0. The van der Waals surface area contributed by atoms with Gasteiger partial charge in [-0.05, 0) is 19.3 Å². The fourth-order valence-corrected chi connectivity index (χ4v) is 2.71. The molecule has 0 aromatic heterocycles. The summed E-state index contributed by atoms with van der Waals surface area (Å²) in [6.07, 6.45) is 5.16. The number of carbonyl (C=O) groups excluding carboxylic acids is 1. The van der Waals surface area contributed by atoms with E-state index < -0.39 is 5.97 Å². The molecule has 1 saturated carbocycles. The average molecular weight is 226 g/mol. The number of rotatable bonds is 4. The Balaban J connectivity index is 1.87. The van der Waals surface area contributed by atoms with Crippen LogP contribution in [0.4, 0.5) is 4.79 Å². The molecule has 2 rings (SSSR count). The molecular weight excluding hydrogens is 208 g/mol. The Bertz CT molecular complexity index is 293. The highest BCUT2D eigenvalue weighted by Gasteiger charge is 2.39. The normalized spacial score (nSPS) is 28.8. The third-order valence-corrected chi connectivity index (χ3v) is 3.49. The van der Waals surface area contributed by atoms with Gasteiger partial charge >= 0.3 is 12.0 Å². The van der Waals surface area contributed by atoms with E-state index in [1.54, 1.807) is 0 Å². The lowest BCUT2D eigenvalue weighted by atomic mass is 9.91. The van der Waals surface area contributed by atoms with Crippen LogP contribution < -0.4 is 5.32 Å². The molecule has 1 aliphatic carbocycles. The van der Waals surface area contributed by atoms with E-state index in [0.29, 0.717) is 25.0 Å². The summed E-state index contributed by atoms with van der Waals surface area (Å²) in [7, 11) is 0. The summed E-state index contributed by atoms with van der Waals surface area (Å²) in [5, 5.41) is 11.6. The number of nitrogens with zero attached hydrogens (tertiary/aromatic N) is 1. The van der Waals surface area contributed by atoms with Gasteiger partial charge in [0.15, 0.2) is 0 Å². The van der Waals surface area contributed by atoms with Crippen LogP contribution in [0.1, 0.15) is 38.5 Å². The van der Waals surface area contributed by atoms with Crippen molar-refractivity contribution in [1.29, 1.82) is 0 Å². The molecule has 0 radical (unpaired) electrons. The lowest BCUT2D eigenvalue weighted by molar-refractivity contribution is -0.137. The average Bonchev–Trinajstić information content (AvgIpc) is 2.55. The van der Waals surface area contributed by atoms with Gasteiger partial charge in [-0.3, -0.25) is 4.79 Å². The van der Waals surface area contributed by atoms with E-state index in [1.165, 1.54) is 12.8 Å². The van der Waals surface area contributed by atoms with Crippen molar-refractivity contribution in [2.24, 2.45) is 0 Å². The number of amides is 2. The number of urea groups is 1. The minimum absolute atomic E-state index is 0.0118. The SMILES string of the molecule is O=C(O)CCCN1C(=O)NC2CCCCC21. The van der Waals surface area contributed by atoms with Crippen molar-refractivity contribution in [2.45, 2.75) is 50.6 Å². The van der Waals surface area contributed by atoms with E-state index in [4.69, 9.17) is 5.11 Å². The predicted octanol–water partition coefficient (Wildman–Crippen LogP) is 1.19. The Kier molecular flexibility index (Phi) is 3.31. The van der Waals surface area contributed by atoms with Crippen LogP contribution in [-0.2, 0) is 4.79 Å². The van der Waals surface area contributed by atoms with Gasteiger partial charge in [0.1, 0.15) is 0 Å². The fraction of sp³-hybridized carbons (Fsp3) is 0.818. The summed E-state index contributed by atoms with van der Waals surface area (Å²) in [4.78, 5) is 23.9. The van der Waals surface area contributed by atoms with E-state index in [1.807, 2.05) is 4.90 Å². The van der Waals surface area contributed by atoms with Crippen LogP contribution in [0.15, 0.2) is 0 Å². The van der Waals surface area contributed by atoms with E-state index in [-0.39, 0.29) is 12.5 Å². The molecule has 2 fully saturated rings. The van der Waals surface area contributed by atoms with E-state index in [2.05, 4.69) is 5.32 Å². The molecule has 2 atom stereocenters. The van der Waals surface area contributed by atoms with E-state index >= 15 is 0 Å². The van der Waals surface area contributed by atoms with E-state index in [0.717, 1.165) is 12.8 Å². The van der Waals surface area contributed by atoms with Crippen LogP contribution >= 0.6 is 0 Å². The van der Waals surface area contributed by atoms with Crippen LogP contribution in [0.2, 0.25) is 0 Å². The third-order valence-electron chi connectivity index (χ3n) is 3.49. The Morgan fingerprint density at radius 1 is 1.44 bits per heavy atom. The fourth-order valence-electron chi connectivity index (χ4n) is 2.71. The maximum absolute atomic E-state index is 11.7. The Hall–Kier alpha value is -1.26. The third kappa shape index (κ3) is 2.28. The first-order valence-corrected chi connectivity index (χ1v) is 5.97. The largest absolute Gasteiger partial charge is 0.481 e. The molecule has 1 saturated heterocycles. The number of aliphatic carboxylic acids is 1. The van der Waals surface area contributed by atoms with Gasteiger partial charge in [0, 0.05) is 13.0 Å². The standard InChI is InChI=1S/C11H18N2O3/c14-10(15)6-3-7-13-9-5-2-1-4-8(9)12-11(13)16/h8-9H,1-7H2,(H,12,16)(H,14,15). The molecule has 90 valence electrons. The molecule has 16 heavy (non-hydrogen) atoms. The first-order chi connectivity index (χ1) is 7.68. The van der Waals surface area contributed by atoms with Crippen LogP contribution in [0, 0.1) is 0 Å². The predicted molar refractivity (Wildman–Crippen MR) is 58.2 cm³/mol. The molecular formula is C11H18N2O3. The van der Waals surface area contributed by atoms with Crippen molar-refractivity contribution in [2.75, 3.05) is 6.54 Å². The first kappa shape index (κ1) is 11.2. The number of nitrogens with one attached hydrogen (secondary N) is 1. The maximum atomic E-state index is 11.7. The van der Waals surface area contributed by atoms with Gasteiger partial charge in [-0.25, -0.2) is 4.79 Å². The van der Waals surface area contributed by atoms with Crippen molar-refractivity contribution < 1.29 is 14.7 Å². The summed E-state index contributed by atoms with van der Waals surface area (Å²) >= 11 is 0. The monoisotopic (exact) mass is 226 g/mol. The van der Waals surface area contributed by atoms with Crippen molar-refractivity contribution >= 4 is 12.0 Å². The van der Waals surface area contributed by atoms with Crippen LogP contribution in [0.5, 0.6) is 0 Å². The van der Waals surface area contributed by atoms with Gasteiger partial charge in [-0.2, -0.15) is 0 Å². The molecule has 1 heterocycles. The molecule has 0 aromatic rings. The van der Waals surface area contributed by atoms with Gasteiger partial charge in [-0.15, -0.1) is 0 Å². The second kappa shape index (κ2) is 4.72. The molecule has 2 amide bonds. The number of hydrogen-bond acceptors (Lipinski definition) is 2. The number of carbonyl (C=O) groups is 2. The smallest absolute Gasteiger partial charge is 0.318 e. The van der Waals surface area contributed by atoms with Gasteiger partial charge in [-0.1, -0.05) is 12.8 Å². The van der Waals surface area contributed by atoms with Crippen LogP contribution in [0.3, 0.4) is 0 Å². The second-order valence-electron chi connectivity index (χ2n) is 4.60. The zero-order valence-electron chi connectivity index (χ0n) is 9.32. The van der Waals surface area contributed by atoms with Crippen molar-refractivity contribution in [1.82, 2.24) is 10.2 Å². The zero-order valence-corrected chi connectivity index (χ0v) is 9.32. The minimum atomic E-state index is -0.792. The van der Waals surface area contributed by atoms with Crippen molar-refractivity contribution in [3.05, 3.63) is 0 Å². The number of carboxylic acid groups (broad SMARTS) is 1. The molecule has 5 nitrogen and oxygen atoms in total. The highest BCUT2D eigenvalue weighted by atomic mass is 16.4. The van der Waals surface area contributed by atoms with E-state index in [9.17, 15) is 9.59 Å². The van der Waals surface area contributed by atoms with Crippen LogP contribution in [-0.4, -0.2) is 40.6 Å². The first-order valence-electron chi connectivity index (χ1n) is 5.97. The lowest BCUT2D eigenvalue weighted by Gasteiger charge is -2.29. The maximum Gasteiger partial charge on any atom is 0.318 e. The Labute approximate surface area is 94.8 Å². The van der Waals surface area contributed by atoms with Crippen molar-refractivity contribution in [3.8, 4) is 0 Å². The highest BCUT2D eigenvalue weighted by Crippen LogP contribution is 2.27. The summed E-state index contributed by atoms with van der Waals surface area (Å²) in [6, 6.07) is 0.586. The second-order valence-corrected chi connectivity index (χ2v) is 4.60. The Morgan fingerprint density at radius 3 is 2.94 bits per heavy atom. The quantitative estimate of drug-likeness (QED) is 0.756. The van der Waals surface area contributed by atoms with Gasteiger partial charge in [0.25, 0.3) is 0 Å². The molecule has 5 heteroatoms.